The van der Waals surface area contributed by atoms with Gasteiger partial charge in [-0.3, -0.25) is 9.78 Å². The monoisotopic (exact) mass is 327 g/mol. The van der Waals surface area contributed by atoms with Gasteiger partial charge in [-0.1, -0.05) is 18.9 Å². The molecule has 0 aromatic carbocycles. The highest BCUT2D eigenvalue weighted by atomic mass is 32.2. The van der Waals surface area contributed by atoms with Crippen molar-refractivity contribution in [1.29, 1.82) is 0 Å². The summed E-state index contributed by atoms with van der Waals surface area (Å²) in [6.45, 7) is 1.94. The van der Waals surface area contributed by atoms with Gasteiger partial charge in [0.1, 0.15) is 5.03 Å². The van der Waals surface area contributed by atoms with E-state index >= 15 is 0 Å². The van der Waals surface area contributed by atoms with Crippen LogP contribution in [0.2, 0.25) is 0 Å². The Balaban J connectivity index is 1.71. The Bertz CT molecular complexity index is 656. The summed E-state index contributed by atoms with van der Waals surface area (Å²) in [4.78, 5) is 21.4. The van der Waals surface area contributed by atoms with Crippen molar-refractivity contribution in [2.24, 2.45) is 0 Å². The van der Waals surface area contributed by atoms with Crippen LogP contribution in [-0.2, 0) is 0 Å². The number of rotatable bonds is 5. The second-order valence-corrected chi connectivity index (χ2v) is 7.12. The predicted molar refractivity (Wildman–Crippen MR) is 92.5 cm³/mol. The summed E-state index contributed by atoms with van der Waals surface area (Å²) in [6.07, 6.45) is 8.49. The number of thioether (sulfide) groups is 1. The molecule has 1 fully saturated rings. The first-order chi connectivity index (χ1) is 11.2. The Hall–Kier alpha value is -1.88. The minimum Gasteiger partial charge on any atom is -0.344 e. The molecule has 2 heterocycles. The average molecular weight is 327 g/mol. The van der Waals surface area contributed by atoms with E-state index in [0.29, 0.717) is 10.8 Å². The first-order valence-electron chi connectivity index (χ1n) is 8.07. The van der Waals surface area contributed by atoms with E-state index in [0.717, 1.165) is 10.7 Å². The van der Waals surface area contributed by atoms with Crippen molar-refractivity contribution in [2.45, 2.75) is 48.9 Å². The maximum Gasteiger partial charge on any atom is 0.254 e. The van der Waals surface area contributed by atoms with E-state index in [1.54, 1.807) is 24.2 Å². The van der Waals surface area contributed by atoms with Crippen molar-refractivity contribution in [1.82, 2.24) is 15.3 Å². The summed E-state index contributed by atoms with van der Waals surface area (Å²) in [5.41, 5.74) is 1.52. The lowest BCUT2D eigenvalue weighted by atomic mass is 10.2. The van der Waals surface area contributed by atoms with Crippen LogP contribution < -0.4 is 5.32 Å². The number of pyridine rings is 2. The van der Waals surface area contributed by atoms with E-state index in [-0.39, 0.29) is 11.9 Å². The number of carbonyl (C=O) groups excluding carboxylic acids is 1. The SMILES string of the molecule is CC(NC(=O)c1cccnc1SC1CCCC1)c1ccccn1. The van der Waals surface area contributed by atoms with Gasteiger partial charge in [0, 0.05) is 17.6 Å². The summed E-state index contributed by atoms with van der Waals surface area (Å²) < 4.78 is 0. The molecule has 120 valence electrons. The third-order valence-corrected chi connectivity index (χ3v) is 5.43. The summed E-state index contributed by atoms with van der Waals surface area (Å²) in [6, 6.07) is 9.26. The van der Waals surface area contributed by atoms with Crippen molar-refractivity contribution in [3.8, 4) is 0 Å². The van der Waals surface area contributed by atoms with E-state index in [4.69, 9.17) is 0 Å². The van der Waals surface area contributed by atoms with Crippen molar-refractivity contribution in [3.63, 3.8) is 0 Å². The topological polar surface area (TPSA) is 54.9 Å². The highest BCUT2D eigenvalue weighted by molar-refractivity contribution is 7.99. The largest absolute Gasteiger partial charge is 0.344 e. The summed E-state index contributed by atoms with van der Waals surface area (Å²) in [5, 5.41) is 4.45. The molecule has 2 aromatic heterocycles. The fourth-order valence-corrected chi connectivity index (χ4v) is 4.10. The predicted octanol–water partition coefficient (Wildman–Crippen LogP) is 4.00. The molecule has 3 rings (SSSR count). The van der Waals surface area contributed by atoms with Gasteiger partial charge in [-0.05, 0) is 44.0 Å². The van der Waals surface area contributed by atoms with Crippen molar-refractivity contribution >= 4 is 17.7 Å². The van der Waals surface area contributed by atoms with Gasteiger partial charge < -0.3 is 5.32 Å². The molecule has 0 bridgehead atoms. The highest BCUT2D eigenvalue weighted by Crippen LogP contribution is 2.35. The molecule has 1 atom stereocenters. The maximum absolute atomic E-state index is 12.6. The fourth-order valence-electron chi connectivity index (χ4n) is 2.80. The fraction of sp³-hybridized carbons (Fsp3) is 0.389. The summed E-state index contributed by atoms with van der Waals surface area (Å²) in [5.74, 6) is -0.0863. The quantitative estimate of drug-likeness (QED) is 0.902. The van der Waals surface area contributed by atoms with E-state index < -0.39 is 0 Å². The molecule has 0 spiro atoms. The van der Waals surface area contributed by atoms with Gasteiger partial charge in [-0.25, -0.2) is 4.98 Å². The Morgan fingerprint density at radius 1 is 1.17 bits per heavy atom. The summed E-state index contributed by atoms with van der Waals surface area (Å²) in [7, 11) is 0. The molecule has 1 aliphatic carbocycles. The molecular formula is C18H21N3OS. The number of aromatic nitrogens is 2. The van der Waals surface area contributed by atoms with Crippen LogP contribution in [-0.4, -0.2) is 21.1 Å². The number of hydrogen-bond donors (Lipinski definition) is 1. The number of hydrogen-bond acceptors (Lipinski definition) is 4. The van der Waals surface area contributed by atoms with Crippen LogP contribution in [0.5, 0.6) is 0 Å². The Labute approximate surface area is 141 Å². The average Bonchev–Trinajstić information content (AvgIpc) is 3.09. The Morgan fingerprint density at radius 3 is 2.70 bits per heavy atom. The lowest BCUT2D eigenvalue weighted by Crippen LogP contribution is -2.28. The van der Waals surface area contributed by atoms with Crippen molar-refractivity contribution in [2.75, 3.05) is 0 Å². The van der Waals surface area contributed by atoms with Crippen LogP contribution in [0, 0.1) is 0 Å². The number of amides is 1. The second kappa shape index (κ2) is 7.59. The minimum atomic E-state index is -0.131. The van der Waals surface area contributed by atoms with Crippen LogP contribution in [0.25, 0.3) is 0 Å². The van der Waals surface area contributed by atoms with Crippen LogP contribution >= 0.6 is 11.8 Å². The minimum absolute atomic E-state index is 0.0863. The zero-order valence-electron chi connectivity index (χ0n) is 13.2. The van der Waals surface area contributed by atoms with Gasteiger partial charge in [-0.15, -0.1) is 11.8 Å². The van der Waals surface area contributed by atoms with Gasteiger partial charge in [0.15, 0.2) is 0 Å². The zero-order valence-corrected chi connectivity index (χ0v) is 14.1. The van der Waals surface area contributed by atoms with Gasteiger partial charge in [-0.2, -0.15) is 0 Å². The maximum atomic E-state index is 12.6. The second-order valence-electron chi connectivity index (χ2n) is 5.83. The van der Waals surface area contributed by atoms with Crippen LogP contribution in [0.3, 0.4) is 0 Å². The first kappa shape index (κ1) is 16.0. The highest BCUT2D eigenvalue weighted by Gasteiger charge is 2.21. The molecule has 0 saturated heterocycles. The molecule has 1 saturated carbocycles. The van der Waals surface area contributed by atoms with E-state index in [2.05, 4.69) is 15.3 Å². The van der Waals surface area contributed by atoms with Crippen LogP contribution in [0.15, 0.2) is 47.8 Å². The molecule has 23 heavy (non-hydrogen) atoms. The normalized spacial score (nSPS) is 16.2. The molecular weight excluding hydrogens is 306 g/mol. The standard InChI is InChI=1S/C18H21N3OS/c1-13(16-10-4-5-11-19-16)21-17(22)15-9-6-12-20-18(15)23-14-7-2-3-8-14/h4-6,9-14H,2-3,7-8H2,1H3,(H,21,22). The molecule has 1 aliphatic rings. The smallest absolute Gasteiger partial charge is 0.254 e. The van der Waals surface area contributed by atoms with Gasteiger partial charge in [0.25, 0.3) is 5.91 Å². The van der Waals surface area contributed by atoms with Crippen molar-refractivity contribution < 1.29 is 4.79 Å². The molecule has 1 amide bonds. The zero-order chi connectivity index (χ0) is 16.1. The number of nitrogens with one attached hydrogen (secondary N) is 1. The molecule has 4 nitrogen and oxygen atoms in total. The molecule has 0 aliphatic heterocycles. The van der Waals surface area contributed by atoms with Gasteiger partial charge >= 0.3 is 0 Å². The van der Waals surface area contributed by atoms with Gasteiger partial charge in [0.2, 0.25) is 0 Å². The number of nitrogens with zero attached hydrogens (tertiary/aromatic N) is 2. The Kier molecular flexibility index (Phi) is 5.28. The van der Waals surface area contributed by atoms with E-state index in [9.17, 15) is 4.79 Å². The first-order valence-corrected chi connectivity index (χ1v) is 8.95. The van der Waals surface area contributed by atoms with E-state index in [1.165, 1.54) is 25.7 Å². The van der Waals surface area contributed by atoms with E-state index in [1.807, 2.05) is 37.3 Å². The lowest BCUT2D eigenvalue weighted by Gasteiger charge is -2.15. The third kappa shape index (κ3) is 4.10. The molecule has 2 aromatic rings. The van der Waals surface area contributed by atoms with Crippen LogP contribution in [0.1, 0.15) is 54.7 Å². The molecule has 5 heteroatoms. The molecule has 0 radical (unpaired) electrons. The van der Waals surface area contributed by atoms with Crippen molar-refractivity contribution in [3.05, 3.63) is 54.0 Å². The lowest BCUT2D eigenvalue weighted by molar-refractivity contribution is 0.0935. The number of carbonyl (C=O) groups is 1. The van der Waals surface area contributed by atoms with Crippen LogP contribution in [0.4, 0.5) is 0 Å². The Morgan fingerprint density at radius 2 is 1.96 bits per heavy atom. The molecule has 1 unspecified atom stereocenters. The third-order valence-electron chi connectivity index (χ3n) is 4.08. The van der Waals surface area contributed by atoms with Gasteiger partial charge in [0.05, 0.1) is 17.3 Å². The molecule has 1 N–H and O–H groups in total. The summed E-state index contributed by atoms with van der Waals surface area (Å²) >= 11 is 1.74.